The maximum Gasteiger partial charge on any atom is 0.315 e. The molecule has 0 heterocycles. The molecule has 0 saturated heterocycles. The van der Waals surface area contributed by atoms with Crippen LogP contribution in [0.5, 0.6) is 0 Å². The molecule has 0 aliphatic heterocycles. The molecule has 2 amide bonds. The van der Waals surface area contributed by atoms with Gasteiger partial charge >= 0.3 is 6.03 Å². The zero-order valence-corrected chi connectivity index (χ0v) is 9.64. The molecule has 0 spiro atoms. The van der Waals surface area contributed by atoms with Crippen molar-refractivity contribution in [2.45, 2.75) is 39.2 Å². The first-order chi connectivity index (χ1) is 6.52. The number of rotatable bonds is 6. The van der Waals surface area contributed by atoms with Crippen LogP contribution in [-0.4, -0.2) is 31.8 Å². The van der Waals surface area contributed by atoms with Gasteiger partial charge in [0.15, 0.2) is 0 Å². The topological polar surface area (TPSA) is 50.4 Å². The molecule has 0 aromatic heterocycles. The zero-order valence-electron chi connectivity index (χ0n) is 9.64. The standard InChI is InChI=1S/C10H22N2O2/c1-5-6-10(2,3)12-9(13)11-7-8-14-4/h5-8H2,1-4H3,(H2,11,12,13). The van der Waals surface area contributed by atoms with Gasteiger partial charge in [-0.05, 0) is 20.3 Å². The van der Waals surface area contributed by atoms with Crippen LogP contribution in [0.2, 0.25) is 0 Å². The van der Waals surface area contributed by atoms with Gasteiger partial charge in [-0.25, -0.2) is 4.79 Å². The minimum Gasteiger partial charge on any atom is -0.383 e. The normalized spacial score (nSPS) is 11.1. The second-order valence-corrected chi connectivity index (χ2v) is 4.01. The highest BCUT2D eigenvalue weighted by molar-refractivity contribution is 5.74. The van der Waals surface area contributed by atoms with Crippen molar-refractivity contribution in [3.63, 3.8) is 0 Å². The number of ether oxygens (including phenoxy) is 1. The summed E-state index contributed by atoms with van der Waals surface area (Å²) in [5, 5.41) is 5.63. The van der Waals surface area contributed by atoms with Crippen molar-refractivity contribution in [2.24, 2.45) is 0 Å². The lowest BCUT2D eigenvalue weighted by Gasteiger charge is -2.25. The second kappa shape index (κ2) is 6.65. The molecule has 0 atom stereocenters. The van der Waals surface area contributed by atoms with E-state index in [9.17, 15) is 4.79 Å². The summed E-state index contributed by atoms with van der Waals surface area (Å²) in [7, 11) is 1.61. The molecule has 14 heavy (non-hydrogen) atoms. The largest absolute Gasteiger partial charge is 0.383 e. The molecule has 0 rings (SSSR count). The summed E-state index contributed by atoms with van der Waals surface area (Å²) in [6.45, 7) is 7.23. The number of amides is 2. The number of urea groups is 1. The van der Waals surface area contributed by atoms with E-state index in [1.165, 1.54) is 0 Å². The van der Waals surface area contributed by atoms with Crippen molar-refractivity contribution < 1.29 is 9.53 Å². The van der Waals surface area contributed by atoms with Crippen LogP contribution in [0.1, 0.15) is 33.6 Å². The van der Waals surface area contributed by atoms with Crippen molar-refractivity contribution in [1.82, 2.24) is 10.6 Å². The average molecular weight is 202 g/mol. The lowest BCUT2D eigenvalue weighted by atomic mass is 9.99. The van der Waals surface area contributed by atoms with Gasteiger partial charge in [0.2, 0.25) is 0 Å². The highest BCUT2D eigenvalue weighted by Crippen LogP contribution is 2.09. The van der Waals surface area contributed by atoms with Gasteiger partial charge < -0.3 is 15.4 Å². The molecule has 0 aliphatic carbocycles. The number of hydrogen-bond donors (Lipinski definition) is 2. The monoisotopic (exact) mass is 202 g/mol. The summed E-state index contributed by atoms with van der Waals surface area (Å²) in [6.07, 6.45) is 2.04. The number of hydrogen-bond acceptors (Lipinski definition) is 2. The summed E-state index contributed by atoms with van der Waals surface area (Å²) >= 11 is 0. The molecule has 0 fully saturated rings. The first-order valence-electron chi connectivity index (χ1n) is 5.07. The molecule has 4 nitrogen and oxygen atoms in total. The van der Waals surface area contributed by atoms with Gasteiger partial charge in [0.25, 0.3) is 0 Å². The highest BCUT2D eigenvalue weighted by atomic mass is 16.5. The maximum absolute atomic E-state index is 11.3. The Morgan fingerprint density at radius 3 is 2.57 bits per heavy atom. The fraction of sp³-hybridized carbons (Fsp3) is 0.900. The van der Waals surface area contributed by atoms with Crippen LogP contribution in [0.15, 0.2) is 0 Å². The van der Waals surface area contributed by atoms with Gasteiger partial charge in [-0.3, -0.25) is 0 Å². The first kappa shape index (κ1) is 13.2. The summed E-state index contributed by atoms with van der Waals surface area (Å²) in [5.41, 5.74) is -0.133. The Morgan fingerprint density at radius 1 is 1.43 bits per heavy atom. The van der Waals surface area contributed by atoms with E-state index in [4.69, 9.17) is 4.74 Å². The molecule has 0 aromatic carbocycles. The van der Waals surface area contributed by atoms with Gasteiger partial charge in [-0.2, -0.15) is 0 Å². The van der Waals surface area contributed by atoms with Crippen LogP contribution < -0.4 is 10.6 Å². The Hall–Kier alpha value is -0.770. The van der Waals surface area contributed by atoms with Crippen LogP contribution in [-0.2, 0) is 4.74 Å². The van der Waals surface area contributed by atoms with E-state index >= 15 is 0 Å². The average Bonchev–Trinajstić information content (AvgIpc) is 2.03. The fourth-order valence-corrected chi connectivity index (χ4v) is 1.31. The third kappa shape index (κ3) is 6.71. The maximum atomic E-state index is 11.3. The minimum absolute atomic E-state index is 0.125. The molecule has 0 aromatic rings. The van der Waals surface area contributed by atoms with Crippen molar-refractivity contribution in [3.8, 4) is 0 Å². The van der Waals surface area contributed by atoms with Gasteiger partial charge in [-0.15, -0.1) is 0 Å². The van der Waals surface area contributed by atoms with Crippen molar-refractivity contribution in [1.29, 1.82) is 0 Å². The molecular formula is C10H22N2O2. The van der Waals surface area contributed by atoms with Crippen LogP contribution in [0.25, 0.3) is 0 Å². The van der Waals surface area contributed by atoms with Crippen LogP contribution >= 0.6 is 0 Å². The summed E-state index contributed by atoms with van der Waals surface area (Å²) < 4.78 is 4.83. The number of carbonyl (C=O) groups is 1. The van der Waals surface area contributed by atoms with Gasteiger partial charge in [0, 0.05) is 19.2 Å². The van der Waals surface area contributed by atoms with E-state index in [1.807, 2.05) is 13.8 Å². The van der Waals surface area contributed by atoms with Crippen LogP contribution in [0, 0.1) is 0 Å². The Kier molecular flexibility index (Phi) is 6.28. The van der Waals surface area contributed by atoms with Gasteiger partial charge in [0.05, 0.1) is 6.61 Å². The minimum atomic E-state index is -0.133. The van der Waals surface area contributed by atoms with Crippen molar-refractivity contribution >= 4 is 6.03 Å². The Bertz CT molecular complexity index is 170. The van der Waals surface area contributed by atoms with E-state index in [2.05, 4.69) is 17.6 Å². The van der Waals surface area contributed by atoms with Gasteiger partial charge in [0.1, 0.15) is 0 Å². The molecule has 84 valence electrons. The molecule has 0 unspecified atom stereocenters. The summed E-state index contributed by atoms with van der Waals surface area (Å²) in [6, 6.07) is -0.125. The number of carbonyl (C=O) groups excluding carboxylic acids is 1. The SMILES string of the molecule is CCCC(C)(C)NC(=O)NCCOC. The van der Waals surface area contributed by atoms with Crippen molar-refractivity contribution in [2.75, 3.05) is 20.3 Å². The van der Waals surface area contributed by atoms with E-state index in [0.29, 0.717) is 13.2 Å². The van der Waals surface area contributed by atoms with Crippen LogP contribution in [0.3, 0.4) is 0 Å². The third-order valence-electron chi connectivity index (χ3n) is 1.92. The second-order valence-electron chi connectivity index (χ2n) is 4.01. The van der Waals surface area contributed by atoms with E-state index in [0.717, 1.165) is 12.8 Å². The lowest BCUT2D eigenvalue weighted by molar-refractivity contribution is 0.193. The van der Waals surface area contributed by atoms with E-state index in [1.54, 1.807) is 7.11 Å². The van der Waals surface area contributed by atoms with E-state index < -0.39 is 0 Å². The molecule has 2 N–H and O–H groups in total. The molecule has 4 heteroatoms. The Morgan fingerprint density at radius 2 is 2.07 bits per heavy atom. The third-order valence-corrected chi connectivity index (χ3v) is 1.92. The first-order valence-corrected chi connectivity index (χ1v) is 5.07. The zero-order chi connectivity index (χ0) is 11.0. The Balaban J connectivity index is 3.69. The molecule has 0 bridgehead atoms. The predicted molar refractivity (Wildman–Crippen MR) is 57.4 cm³/mol. The Labute approximate surface area is 86.4 Å². The highest BCUT2D eigenvalue weighted by Gasteiger charge is 2.18. The smallest absolute Gasteiger partial charge is 0.315 e. The lowest BCUT2D eigenvalue weighted by Crippen LogP contribution is -2.48. The quantitative estimate of drug-likeness (QED) is 0.641. The fourth-order valence-electron chi connectivity index (χ4n) is 1.31. The molecular weight excluding hydrogens is 180 g/mol. The molecule has 0 aliphatic rings. The summed E-state index contributed by atoms with van der Waals surface area (Å²) in [4.78, 5) is 11.3. The predicted octanol–water partition coefficient (Wildman–Crippen LogP) is 1.51. The van der Waals surface area contributed by atoms with E-state index in [-0.39, 0.29) is 11.6 Å². The number of methoxy groups -OCH3 is 1. The molecule has 0 saturated carbocycles. The summed E-state index contributed by atoms with van der Waals surface area (Å²) in [5.74, 6) is 0. The van der Waals surface area contributed by atoms with Crippen LogP contribution in [0.4, 0.5) is 4.79 Å². The van der Waals surface area contributed by atoms with Gasteiger partial charge in [-0.1, -0.05) is 13.3 Å². The molecule has 0 radical (unpaired) electrons. The van der Waals surface area contributed by atoms with Crippen molar-refractivity contribution in [3.05, 3.63) is 0 Å². The number of nitrogens with one attached hydrogen (secondary N) is 2.